The Morgan fingerprint density at radius 1 is 1.56 bits per heavy atom. The van der Waals surface area contributed by atoms with Crippen LogP contribution in [0.2, 0.25) is 5.02 Å². The highest BCUT2D eigenvalue weighted by Gasteiger charge is 2.23. The molecule has 0 aliphatic heterocycles. The molecule has 0 aliphatic rings. The molecule has 2 aromatic rings. The Balaban J connectivity index is 2.52. The molecule has 6 heteroatoms. The number of hydrogen-bond donors (Lipinski definition) is 1. The van der Waals surface area contributed by atoms with Gasteiger partial charge in [-0.05, 0) is 26.1 Å². The number of aryl methyl sites for hydroxylation is 1. The standard InChI is InChI=1S/C12H14ClFN4/c1-3-18-12(8(13)7-17-18)11(15-2)10-9(14)5-4-6-16-10/h4-7,11,15H,3H2,1-2H3. The molecule has 2 heterocycles. The molecule has 0 saturated carbocycles. The van der Waals surface area contributed by atoms with Crippen LogP contribution in [0, 0.1) is 5.82 Å². The topological polar surface area (TPSA) is 42.7 Å². The van der Waals surface area contributed by atoms with Gasteiger partial charge in [-0.1, -0.05) is 11.6 Å². The zero-order valence-corrected chi connectivity index (χ0v) is 10.9. The fourth-order valence-corrected chi connectivity index (χ4v) is 2.17. The van der Waals surface area contributed by atoms with Crippen molar-refractivity contribution in [2.24, 2.45) is 0 Å². The molecule has 4 nitrogen and oxygen atoms in total. The molecule has 96 valence electrons. The van der Waals surface area contributed by atoms with E-state index in [1.54, 1.807) is 30.2 Å². The van der Waals surface area contributed by atoms with E-state index in [4.69, 9.17) is 11.6 Å². The van der Waals surface area contributed by atoms with Crippen molar-refractivity contribution in [3.8, 4) is 0 Å². The summed E-state index contributed by atoms with van der Waals surface area (Å²) in [4.78, 5) is 4.08. The predicted molar refractivity (Wildman–Crippen MR) is 68.0 cm³/mol. The number of aromatic nitrogens is 3. The van der Waals surface area contributed by atoms with Gasteiger partial charge in [0.1, 0.15) is 5.82 Å². The molecule has 0 aliphatic carbocycles. The van der Waals surface area contributed by atoms with Crippen molar-refractivity contribution >= 4 is 11.6 Å². The van der Waals surface area contributed by atoms with Gasteiger partial charge in [0.15, 0.2) is 0 Å². The first-order chi connectivity index (χ1) is 8.69. The Bertz CT molecular complexity index is 541. The highest BCUT2D eigenvalue weighted by molar-refractivity contribution is 6.31. The van der Waals surface area contributed by atoms with Crippen LogP contribution in [0.1, 0.15) is 24.4 Å². The summed E-state index contributed by atoms with van der Waals surface area (Å²) in [5.74, 6) is -0.364. The van der Waals surface area contributed by atoms with E-state index in [1.807, 2.05) is 6.92 Å². The van der Waals surface area contributed by atoms with Gasteiger partial charge in [0.2, 0.25) is 0 Å². The third kappa shape index (κ3) is 2.23. The van der Waals surface area contributed by atoms with Crippen molar-refractivity contribution in [1.82, 2.24) is 20.1 Å². The maximum atomic E-state index is 13.8. The first-order valence-corrected chi connectivity index (χ1v) is 6.05. The SMILES string of the molecule is CCn1ncc(Cl)c1C(NC)c1ncccc1F. The fraction of sp³-hybridized carbons (Fsp3) is 0.333. The molecule has 2 rings (SSSR count). The summed E-state index contributed by atoms with van der Waals surface area (Å²) in [6, 6.07) is 2.53. The number of pyridine rings is 1. The Morgan fingerprint density at radius 2 is 2.33 bits per heavy atom. The van der Waals surface area contributed by atoms with Crippen molar-refractivity contribution in [2.45, 2.75) is 19.5 Å². The summed E-state index contributed by atoms with van der Waals surface area (Å²) in [6.45, 7) is 2.61. The van der Waals surface area contributed by atoms with Crippen LogP contribution in [0.4, 0.5) is 4.39 Å². The van der Waals surface area contributed by atoms with Gasteiger partial charge in [0, 0.05) is 12.7 Å². The first kappa shape index (κ1) is 13.0. The van der Waals surface area contributed by atoms with Gasteiger partial charge in [0.25, 0.3) is 0 Å². The van der Waals surface area contributed by atoms with Crippen LogP contribution >= 0.6 is 11.6 Å². The van der Waals surface area contributed by atoms with Gasteiger partial charge >= 0.3 is 0 Å². The minimum Gasteiger partial charge on any atom is -0.307 e. The van der Waals surface area contributed by atoms with Crippen LogP contribution in [0.15, 0.2) is 24.5 Å². The molecule has 0 radical (unpaired) electrons. The highest BCUT2D eigenvalue weighted by atomic mass is 35.5. The molecule has 1 atom stereocenters. The zero-order valence-electron chi connectivity index (χ0n) is 10.2. The molecule has 1 unspecified atom stereocenters. The van der Waals surface area contributed by atoms with Crippen LogP contribution in [0.3, 0.4) is 0 Å². The lowest BCUT2D eigenvalue weighted by atomic mass is 10.1. The quantitative estimate of drug-likeness (QED) is 0.926. The second-order valence-electron chi connectivity index (χ2n) is 3.79. The average Bonchev–Trinajstić information content (AvgIpc) is 2.74. The van der Waals surface area contributed by atoms with Crippen molar-refractivity contribution in [2.75, 3.05) is 7.05 Å². The average molecular weight is 269 g/mol. The van der Waals surface area contributed by atoms with E-state index in [-0.39, 0.29) is 5.82 Å². The maximum absolute atomic E-state index is 13.8. The molecule has 0 spiro atoms. The van der Waals surface area contributed by atoms with Gasteiger partial charge in [0.05, 0.1) is 28.6 Å². The van der Waals surface area contributed by atoms with E-state index in [2.05, 4.69) is 15.4 Å². The van der Waals surface area contributed by atoms with Crippen LogP contribution in [-0.2, 0) is 6.54 Å². The fourth-order valence-electron chi connectivity index (χ4n) is 1.92. The highest BCUT2D eigenvalue weighted by Crippen LogP contribution is 2.28. The van der Waals surface area contributed by atoms with Crippen molar-refractivity contribution in [3.63, 3.8) is 0 Å². The molecular formula is C12H14ClFN4. The summed E-state index contributed by atoms with van der Waals surface area (Å²) in [7, 11) is 1.74. The van der Waals surface area contributed by atoms with E-state index in [9.17, 15) is 4.39 Å². The van der Waals surface area contributed by atoms with E-state index in [0.29, 0.717) is 17.3 Å². The lowest BCUT2D eigenvalue weighted by Gasteiger charge is -2.18. The van der Waals surface area contributed by atoms with E-state index in [0.717, 1.165) is 5.69 Å². The van der Waals surface area contributed by atoms with Crippen LogP contribution in [-0.4, -0.2) is 21.8 Å². The summed E-state index contributed by atoms with van der Waals surface area (Å²) in [6.07, 6.45) is 3.12. The van der Waals surface area contributed by atoms with Gasteiger partial charge in [-0.2, -0.15) is 5.10 Å². The van der Waals surface area contributed by atoms with E-state index < -0.39 is 6.04 Å². The van der Waals surface area contributed by atoms with Gasteiger partial charge in [-0.15, -0.1) is 0 Å². The zero-order chi connectivity index (χ0) is 13.1. The Hall–Kier alpha value is -1.46. The minimum absolute atomic E-state index is 0.317. The largest absolute Gasteiger partial charge is 0.307 e. The molecule has 0 bridgehead atoms. The van der Waals surface area contributed by atoms with Crippen LogP contribution < -0.4 is 5.32 Å². The number of hydrogen-bond acceptors (Lipinski definition) is 3. The third-order valence-corrected chi connectivity index (χ3v) is 3.05. The summed E-state index contributed by atoms with van der Waals surface area (Å²) in [5.41, 5.74) is 1.04. The van der Waals surface area contributed by atoms with Gasteiger partial charge < -0.3 is 5.32 Å². The predicted octanol–water partition coefficient (Wildman–Crippen LogP) is 2.40. The lowest BCUT2D eigenvalue weighted by Crippen LogP contribution is -2.23. The number of halogens is 2. The van der Waals surface area contributed by atoms with E-state index >= 15 is 0 Å². The summed E-state index contributed by atoms with van der Waals surface area (Å²) < 4.78 is 15.5. The first-order valence-electron chi connectivity index (χ1n) is 5.67. The third-order valence-electron chi connectivity index (χ3n) is 2.76. The number of nitrogens with one attached hydrogen (secondary N) is 1. The second-order valence-corrected chi connectivity index (χ2v) is 4.19. The van der Waals surface area contributed by atoms with Gasteiger partial charge in [-0.25, -0.2) is 4.39 Å². The number of nitrogens with zero attached hydrogens (tertiary/aromatic N) is 3. The normalized spacial score (nSPS) is 12.7. The van der Waals surface area contributed by atoms with E-state index in [1.165, 1.54) is 6.07 Å². The van der Waals surface area contributed by atoms with Crippen LogP contribution in [0.25, 0.3) is 0 Å². The summed E-state index contributed by atoms with van der Waals surface area (Å²) >= 11 is 6.13. The molecule has 18 heavy (non-hydrogen) atoms. The molecule has 2 aromatic heterocycles. The van der Waals surface area contributed by atoms with Crippen LogP contribution in [0.5, 0.6) is 0 Å². The molecule has 0 fully saturated rings. The smallest absolute Gasteiger partial charge is 0.146 e. The number of rotatable bonds is 4. The molecular weight excluding hydrogens is 255 g/mol. The second kappa shape index (κ2) is 5.46. The Labute approximate surface area is 110 Å². The molecule has 0 saturated heterocycles. The lowest BCUT2D eigenvalue weighted by molar-refractivity contribution is 0.520. The van der Waals surface area contributed by atoms with Crippen molar-refractivity contribution < 1.29 is 4.39 Å². The molecule has 0 aromatic carbocycles. The van der Waals surface area contributed by atoms with Crippen molar-refractivity contribution in [1.29, 1.82) is 0 Å². The van der Waals surface area contributed by atoms with Crippen molar-refractivity contribution in [3.05, 3.63) is 46.8 Å². The minimum atomic E-state index is -0.416. The monoisotopic (exact) mass is 268 g/mol. The molecule has 0 amide bonds. The maximum Gasteiger partial charge on any atom is 0.146 e. The Morgan fingerprint density at radius 3 is 2.94 bits per heavy atom. The Kier molecular flexibility index (Phi) is 3.93. The molecule has 1 N–H and O–H groups in total. The summed E-state index contributed by atoms with van der Waals surface area (Å²) in [5, 5.41) is 7.68. The van der Waals surface area contributed by atoms with Gasteiger partial charge in [-0.3, -0.25) is 9.67 Å².